The zero-order valence-electron chi connectivity index (χ0n) is 19.0. The minimum absolute atomic E-state index is 0.0564. The lowest BCUT2D eigenvalue weighted by Crippen LogP contribution is -2.61. The van der Waals surface area contributed by atoms with Crippen LogP contribution in [0.1, 0.15) is 58.8 Å². The van der Waals surface area contributed by atoms with Crippen LogP contribution in [0.2, 0.25) is 0 Å². The Labute approximate surface area is 189 Å². The summed E-state index contributed by atoms with van der Waals surface area (Å²) in [6.45, 7) is 7.63. The fourth-order valence-corrected chi connectivity index (χ4v) is 7.36. The van der Waals surface area contributed by atoms with Gasteiger partial charge in [0.1, 0.15) is 24.4 Å². The minimum atomic E-state index is -1.61. The summed E-state index contributed by atoms with van der Waals surface area (Å²) in [6.07, 6.45) is -1.93. The lowest BCUT2D eigenvalue weighted by Gasteiger charge is -2.61. The molecule has 5 N–H and O–H groups in total. The predicted molar refractivity (Wildman–Crippen MR) is 114 cm³/mol. The first kappa shape index (κ1) is 24.1. The number of carbonyl (C=O) groups excluding carboxylic acids is 1. The summed E-state index contributed by atoms with van der Waals surface area (Å²) < 4.78 is 11.0. The predicted octanol–water partition coefficient (Wildman–Crippen LogP) is 0.879. The van der Waals surface area contributed by atoms with E-state index in [0.717, 1.165) is 37.7 Å². The highest BCUT2D eigenvalue weighted by Crippen LogP contribution is 2.64. The Balaban J connectivity index is 1.54. The zero-order chi connectivity index (χ0) is 23.4. The fourth-order valence-electron chi connectivity index (χ4n) is 7.36. The van der Waals surface area contributed by atoms with Gasteiger partial charge in [-0.1, -0.05) is 19.9 Å². The number of carbonyl (C=O) groups is 1. The van der Waals surface area contributed by atoms with E-state index < -0.39 is 54.8 Å². The van der Waals surface area contributed by atoms with Crippen molar-refractivity contribution >= 4 is 5.97 Å². The lowest BCUT2D eigenvalue weighted by molar-refractivity contribution is -0.297. The van der Waals surface area contributed by atoms with Gasteiger partial charge in [0.2, 0.25) is 6.29 Å². The van der Waals surface area contributed by atoms with Crippen LogP contribution in [0.5, 0.6) is 0 Å². The van der Waals surface area contributed by atoms with E-state index in [2.05, 4.69) is 13.5 Å². The number of aliphatic hydroxyl groups is 5. The van der Waals surface area contributed by atoms with Crippen molar-refractivity contribution in [3.05, 3.63) is 12.2 Å². The number of fused-ring (bicyclic) bond motifs is 3. The molecule has 32 heavy (non-hydrogen) atoms. The molecule has 0 radical (unpaired) electrons. The van der Waals surface area contributed by atoms with E-state index in [9.17, 15) is 30.3 Å². The molecule has 0 aromatic heterocycles. The highest BCUT2D eigenvalue weighted by atomic mass is 16.7. The van der Waals surface area contributed by atoms with Gasteiger partial charge < -0.3 is 35.0 Å². The largest absolute Gasteiger partial charge is 0.432 e. The van der Waals surface area contributed by atoms with Gasteiger partial charge in [-0.2, -0.15) is 0 Å². The van der Waals surface area contributed by atoms with Gasteiger partial charge in [0.25, 0.3) is 0 Å². The Hall–Kier alpha value is -1.03. The molecule has 1 saturated heterocycles. The molecule has 0 amide bonds. The van der Waals surface area contributed by atoms with E-state index in [-0.39, 0.29) is 11.3 Å². The van der Waals surface area contributed by atoms with Gasteiger partial charge in [-0.25, -0.2) is 0 Å². The van der Waals surface area contributed by atoms with Gasteiger partial charge in [0.05, 0.1) is 18.1 Å². The second-order valence-electron chi connectivity index (χ2n) is 11.0. The molecule has 8 nitrogen and oxygen atoms in total. The maximum absolute atomic E-state index is 13.5. The monoisotopic (exact) mass is 454 g/mol. The summed E-state index contributed by atoms with van der Waals surface area (Å²) in [5.41, 5.74) is -0.00348. The van der Waals surface area contributed by atoms with Crippen molar-refractivity contribution in [2.45, 2.75) is 95.6 Å². The molecular formula is C24H38O8. The second kappa shape index (κ2) is 8.64. The van der Waals surface area contributed by atoms with Crippen molar-refractivity contribution in [2.24, 2.45) is 28.6 Å². The van der Waals surface area contributed by atoms with E-state index in [4.69, 9.17) is 9.47 Å². The van der Waals surface area contributed by atoms with Crippen LogP contribution in [0.4, 0.5) is 0 Å². The van der Waals surface area contributed by atoms with Gasteiger partial charge in [0.15, 0.2) is 0 Å². The van der Waals surface area contributed by atoms with Crippen LogP contribution in [0.3, 0.4) is 0 Å². The van der Waals surface area contributed by atoms with Gasteiger partial charge >= 0.3 is 5.97 Å². The van der Waals surface area contributed by atoms with E-state index in [1.807, 2.05) is 6.92 Å². The summed E-state index contributed by atoms with van der Waals surface area (Å²) in [5, 5.41) is 50.3. The quantitative estimate of drug-likeness (QED) is 0.313. The number of esters is 1. The van der Waals surface area contributed by atoms with Crippen LogP contribution >= 0.6 is 0 Å². The van der Waals surface area contributed by atoms with Gasteiger partial charge in [0, 0.05) is 0 Å². The molecule has 11 atom stereocenters. The van der Waals surface area contributed by atoms with Gasteiger partial charge in [-0.05, 0) is 74.2 Å². The minimum Gasteiger partial charge on any atom is -0.432 e. The van der Waals surface area contributed by atoms with Crippen molar-refractivity contribution in [3.8, 4) is 0 Å². The fraction of sp³-hybridized carbons (Fsp3) is 0.875. The summed E-state index contributed by atoms with van der Waals surface area (Å²) in [4.78, 5) is 13.5. The number of ether oxygens (including phenoxy) is 2. The van der Waals surface area contributed by atoms with E-state index >= 15 is 0 Å². The van der Waals surface area contributed by atoms with E-state index in [1.54, 1.807) is 0 Å². The topological polar surface area (TPSA) is 137 Å². The average molecular weight is 455 g/mol. The van der Waals surface area contributed by atoms with Crippen LogP contribution in [0, 0.1) is 28.6 Å². The summed E-state index contributed by atoms with van der Waals surface area (Å²) in [6, 6.07) is 0. The van der Waals surface area contributed by atoms with E-state index in [0.29, 0.717) is 24.7 Å². The van der Waals surface area contributed by atoms with Crippen LogP contribution in [-0.4, -0.2) is 74.9 Å². The van der Waals surface area contributed by atoms with Crippen molar-refractivity contribution in [1.29, 1.82) is 0 Å². The number of hydrogen-bond donors (Lipinski definition) is 5. The standard InChI is InChI=1S/C24H38O8/c1-12-9-13-5-6-17-23(2,14(13)10-15(12)26)7-4-8-24(17,3)22(30)32-21-20(29)19(28)18(27)16(11-25)31-21/h13-21,25-29H,1,4-11H2,2-3H3/t13?,14-,15?,16?,17?,18?,19?,20?,21?,23+,24-/m1/s1. The third-order valence-electron chi connectivity index (χ3n) is 9.23. The summed E-state index contributed by atoms with van der Waals surface area (Å²) >= 11 is 0. The molecule has 4 rings (SSSR count). The molecule has 1 aliphatic heterocycles. The summed E-state index contributed by atoms with van der Waals surface area (Å²) in [7, 11) is 0. The number of rotatable bonds is 3. The third-order valence-corrected chi connectivity index (χ3v) is 9.23. The van der Waals surface area contributed by atoms with Crippen LogP contribution in [0.15, 0.2) is 12.2 Å². The van der Waals surface area contributed by atoms with Crippen LogP contribution in [0.25, 0.3) is 0 Å². The van der Waals surface area contributed by atoms with Crippen molar-refractivity contribution < 1.29 is 39.8 Å². The molecule has 0 spiro atoms. The van der Waals surface area contributed by atoms with Gasteiger partial charge in [-0.15, -0.1) is 0 Å². The Morgan fingerprint density at radius 1 is 1.12 bits per heavy atom. The molecule has 182 valence electrons. The molecular weight excluding hydrogens is 416 g/mol. The first-order valence-corrected chi connectivity index (χ1v) is 11.9. The van der Waals surface area contributed by atoms with Crippen LogP contribution in [-0.2, 0) is 14.3 Å². The normalized spacial score (nSPS) is 51.5. The van der Waals surface area contributed by atoms with Crippen molar-refractivity contribution in [2.75, 3.05) is 6.61 Å². The molecule has 3 saturated carbocycles. The SMILES string of the molecule is C=C1CC2CCC3[C@](C)(C(=O)OC4OC(CO)C(O)C(O)C4O)CCC[C@@]3(C)[C@@H]2CC1O. The Kier molecular flexibility index (Phi) is 6.51. The third kappa shape index (κ3) is 3.73. The maximum Gasteiger partial charge on any atom is 0.314 e. The molecule has 1 heterocycles. The lowest BCUT2D eigenvalue weighted by atomic mass is 9.44. The van der Waals surface area contributed by atoms with Crippen molar-refractivity contribution in [3.63, 3.8) is 0 Å². The Bertz CT molecular complexity index is 740. The smallest absolute Gasteiger partial charge is 0.314 e. The molecule has 8 heteroatoms. The highest BCUT2D eigenvalue weighted by Gasteiger charge is 2.60. The molecule has 3 aliphatic carbocycles. The number of hydrogen-bond acceptors (Lipinski definition) is 8. The van der Waals surface area contributed by atoms with Crippen molar-refractivity contribution in [1.82, 2.24) is 0 Å². The van der Waals surface area contributed by atoms with Crippen LogP contribution < -0.4 is 0 Å². The molecule has 0 aromatic carbocycles. The molecule has 0 aromatic rings. The van der Waals surface area contributed by atoms with E-state index in [1.165, 1.54) is 0 Å². The second-order valence-corrected chi connectivity index (χ2v) is 11.0. The molecule has 0 bridgehead atoms. The zero-order valence-corrected chi connectivity index (χ0v) is 19.0. The maximum atomic E-state index is 13.5. The average Bonchev–Trinajstić information content (AvgIpc) is 2.75. The molecule has 4 fully saturated rings. The molecule has 8 unspecified atom stereocenters. The summed E-state index contributed by atoms with van der Waals surface area (Å²) in [5.74, 6) is 0.343. The van der Waals surface area contributed by atoms with Gasteiger partial charge in [-0.3, -0.25) is 4.79 Å². The Morgan fingerprint density at radius 3 is 2.53 bits per heavy atom. The highest BCUT2D eigenvalue weighted by molar-refractivity contribution is 5.77. The first-order valence-electron chi connectivity index (χ1n) is 11.9. The molecule has 4 aliphatic rings. The Morgan fingerprint density at radius 2 is 1.84 bits per heavy atom. The number of aliphatic hydroxyl groups excluding tert-OH is 5. The first-order chi connectivity index (χ1) is 15.0.